The molecule has 0 aromatic rings. The highest BCUT2D eigenvalue weighted by molar-refractivity contribution is 5.74. The molecule has 1 atom stereocenters. The number of nitrogens with zero attached hydrogens (tertiary/aromatic N) is 1. The van der Waals surface area contributed by atoms with Gasteiger partial charge in [0.15, 0.2) is 0 Å². The molecule has 1 heterocycles. The van der Waals surface area contributed by atoms with Gasteiger partial charge in [-0.2, -0.15) is 0 Å². The molecular weight excluding hydrogens is 228 g/mol. The SMILES string of the molecule is CC1CCN(C(=O)NCC(CO)CC2CC2)CC1. The highest BCUT2D eigenvalue weighted by Gasteiger charge is 2.26. The van der Waals surface area contributed by atoms with E-state index >= 15 is 0 Å². The number of hydrogen-bond donors (Lipinski definition) is 2. The molecule has 2 N–H and O–H groups in total. The Balaban J connectivity index is 1.66. The predicted molar refractivity (Wildman–Crippen MR) is 71.3 cm³/mol. The first-order valence-corrected chi connectivity index (χ1v) is 7.32. The molecule has 2 rings (SSSR count). The first-order chi connectivity index (χ1) is 8.69. The van der Waals surface area contributed by atoms with E-state index < -0.39 is 0 Å². The van der Waals surface area contributed by atoms with E-state index in [-0.39, 0.29) is 18.6 Å². The molecule has 1 saturated carbocycles. The Bertz CT molecular complexity index is 271. The van der Waals surface area contributed by atoms with Crippen LogP contribution in [0.3, 0.4) is 0 Å². The summed E-state index contributed by atoms with van der Waals surface area (Å²) in [6.45, 7) is 4.80. The average Bonchev–Trinajstić information content (AvgIpc) is 3.18. The predicted octanol–water partition coefficient (Wildman–Crippen LogP) is 1.84. The highest BCUT2D eigenvalue weighted by Crippen LogP contribution is 2.35. The Hall–Kier alpha value is -0.770. The van der Waals surface area contributed by atoms with Crippen LogP contribution in [-0.2, 0) is 0 Å². The Morgan fingerprint density at radius 1 is 1.33 bits per heavy atom. The second-order valence-electron chi connectivity index (χ2n) is 6.08. The summed E-state index contributed by atoms with van der Waals surface area (Å²) in [7, 11) is 0. The van der Waals surface area contributed by atoms with Crippen LogP contribution in [0.15, 0.2) is 0 Å². The van der Waals surface area contributed by atoms with Crippen LogP contribution in [0.2, 0.25) is 0 Å². The number of carbonyl (C=O) groups excluding carboxylic acids is 1. The Kier molecular flexibility index (Phi) is 4.87. The van der Waals surface area contributed by atoms with Crippen LogP contribution in [-0.4, -0.2) is 42.3 Å². The smallest absolute Gasteiger partial charge is 0.317 e. The van der Waals surface area contributed by atoms with Gasteiger partial charge < -0.3 is 15.3 Å². The summed E-state index contributed by atoms with van der Waals surface area (Å²) < 4.78 is 0. The second kappa shape index (κ2) is 6.41. The van der Waals surface area contributed by atoms with Crippen molar-refractivity contribution in [2.75, 3.05) is 26.2 Å². The van der Waals surface area contributed by atoms with Crippen molar-refractivity contribution in [3.05, 3.63) is 0 Å². The number of hydrogen-bond acceptors (Lipinski definition) is 2. The van der Waals surface area contributed by atoms with Crippen molar-refractivity contribution in [1.29, 1.82) is 0 Å². The molecule has 4 nitrogen and oxygen atoms in total. The van der Waals surface area contributed by atoms with Crippen molar-refractivity contribution in [2.45, 2.75) is 39.0 Å². The lowest BCUT2D eigenvalue weighted by Gasteiger charge is -2.30. The largest absolute Gasteiger partial charge is 0.396 e. The molecule has 18 heavy (non-hydrogen) atoms. The number of aliphatic hydroxyl groups excluding tert-OH is 1. The van der Waals surface area contributed by atoms with E-state index in [0.717, 1.165) is 44.2 Å². The highest BCUT2D eigenvalue weighted by atomic mass is 16.3. The third-order valence-electron chi connectivity index (χ3n) is 4.23. The van der Waals surface area contributed by atoms with Gasteiger partial charge in [-0.1, -0.05) is 19.8 Å². The molecule has 2 fully saturated rings. The normalized spacial score (nSPS) is 22.9. The second-order valence-corrected chi connectivity index (χ2v) is 6.08. The Morgan fingerprint density at radius 2 is 2.00 bits per heavy atom. The average molecular weight is 254 g/mol. The van der Waals surface area contributed by atoms with Crippen LogP contribution < -0.4 is 5.32 Å². The van der Waals surface area contributed by atoms with Gasteiger partial charge in [0.05, 0.1) is 0 Å². The lowest BCUT2D eigenvalue weighted by molar-refractivity contribution is 0.166. The molecule has 1 aliphatic heterocycles. The zero-order chi connectivity index (χ0) is 13.0. The maximum atomic E-state index is 12.0. The molecule has 1 aliphatic carbocycles. The first-order valence-electron chi connectivity index (χ1n) is 7.32. The van der Waals surface area contributed by atoms with Gasteiger partial charge >= 0.3 is 6.03 Å². The van der Waals surface area contributed by atoms with Gasteiger partial charge in [-0.25, -0.2) is 4.79 Å². The van der Waals surface area contributed by atoms with Crippen LogP contribution in [0, 0.1) is 17.8 Å². The number of rotatable bonds is 5. The van der Waals surface area contributed by atoms with Gasteiger partial charge in [-0.05, 0) is 37.0 Å². The Morgan fingerprint density at radius 3 is 2.56 bits per heavy atom. The zero-order valence-electron chi connectivity index (χ0n) is 11.4. The number of urea groups is 1. The van der Waals surface area contributed by atoms with E-state index in [1.807, 2.05) is 4.90 Å². The van der Waals surface area contributed by atoms with Gasteiger partial charge in [0, 0.05) is 26.2 Å². The van der Waals surface area contributed by atoms with Crippen molar-refractivity contribution in [2.24, 2.45) is 17.8 Å². The number of carbonyl (C=O) groups is 1. The minimum atomic E-state index is 0.0520. The summed E-state index contributed by atoms with van der Waals surface area (Å²) in [6.07, 6.45) is 5.88. The third kappa shape index (κ3) is 4.16. The van der Waals surface area contributed by atoms with Gasteiger partial charge in [0.25, 0.3) is 0 Å². The number of piperidine rings is 1. The fourth-order valence-corrected chi connectivity index (χ4v) is 2.60. The van der Waals surface area contributed by atoms with E-state index in [2.05, 4.69) is 12.2 Å². The van der Waals surface area contributed by atoms with Gasteiger partial charge in [-0.15, -0.1) is 0 Å². The summed E-state index contributed by atoms with van der Waals surface area (Å²) in [6, 6.07) is 0.0520. The van der Waals surface area contributed by atoms with Crippen molar-refractivity contribution >= 4 is 6.03 Å². The van der Waals surface area contributed by atoms with E-state index in [0.29, 0.717) is 6.54 Å². The number of aliphatic hydroxyl groups is 1. The monoisotopic (exact) mass is 254 g/mol. The lowest BCUT2D eigenvalue weighted by atomic mass is 9.99. The van der Waals surface area contributed by atoms with Gasteiger partial charge in [0.1, 0.15) is 0 Å². The van der Waals surface area contributed by atoms with Gasteiger partial charge in [-0.3, -0.25) is 0 Å². The van der Waals surface area contributed by atoms with E-state index in [1.165, 1.54) is 12.8 Å². The summed E-state index contributed by atoms with van der Waals surface area (Å²) in [5, 5.41) is 12.3. The van der Waals surface area contributed by atoms with Crippen LogP contribution in [0.4, 0.5) is 4.79 Å². The van der Waals surface area contributed by atoms with E-state index in [4.69, 9.17) is 0 Å². The van der Waals surface area contributed by atoms with Crippen LogP contribution in [0.1, 0.15) is 39.0 Å². The first kappa shape index (κ1) is 13.7. The van der Waals surface area contributed by atoms with Crippen molar-refractivity contribution in [3.8, 4) is 0 Å². The van der Waals surface area contributed by atoms with Crippen molar-refractivity contribution < 1.29 is 9.90 Å². The molecule has 0 aromatic heterocycles. The number of amides is 2. The summed E-state index contributed by atoms with van der Waals surface area (Å²) >= 11 is 0. The maximum Gasteiger partial charge on any atom is 0.317 e. The van der Waals surface area contributed by atoms with Crippen LogP contribution >= 0.6 is 0 Å². The molecule has 0 radical (unpaired) electrons. The lowest BCUT2D eigenvalue weighted by Crippen LogP contribution is -2.45. The summed E-state index contributed by atoms with van der Waals surface area (Å²) in [4.78, 5) is 13.9. The van der Waals surface area contributed by atoms with Crippen molar-refractivity contribution in [1.82, 2.24) is 10.2 Å². The molecular formula is C14H26N2O2. The minimum absolute atomic E-state index is 0.0520. The number of nitrogens with one attached hydrogen (secondary N) is 1. The van der Waals surface area contributed by atoms with Crippen LogP contribution in [0.5, 0.6) is 0 Å². The summed E-state index contributed by atoms with van der Waals surface area (Å²) in [5.74, 6) is 1.79. The van der Waals surface area contributed by atoms with E-state index in [1.54, 1.807) is 0 Å². The topological polar surface area (TPSA) is 52.6 Å². The standard InChI is InChI=1S/C14H26N2O2/c1-11-4-6-16(7-5-11)14(18)15-9-13(10-17)8-12-2-3-12/h11-13,17H,2-10H2,1H3,(H,15,18). The molecule has 0 aromatic carbocycles. The molecule has 2 amide bonds. The zero-order valence-corrected chi connectivity index (χ0v) is 11.4. The molecule has 104 valence electrons. The fraction of sp³-hybridized carbons (Fsp3) is 0.929. The molecule has 2 aliphatic rings. The number of likely N-dealkylation sites (tertiary alicyclic amines) is 1. The molecule has 1 saturated heterocycles. The maximum absolute atomic E-state index is 12.0. The summed E-state index contributed by atoms with van der Waals surface area (Å²) in [5.41, 5.74) is 0. The quantitative estimate of drug-likeness (QED) is 0.786. The molecule has 4 heteroatoms. The van der Waals surface area contributed by atoms with Crippen LogP contribution in [0.25, 0.3) is 0 Å². The van der Waals surface area contributed by atoms with Gasteiger partial charge in [0.2, 0.25) is 0 Å². The molecule has 0 bridgehead atoms. The van der Waals surface area contributed by atoms with Crippen molar-refractivity contribution in [3.63, 3.8) is 0 Å². The minimum Gasteiger partial charge on any atom is -0.396 e. The fourth-order valence-electron chi connectivity index (χ4n) is 2.60. The molecule has 0 spiro atoms. The molecule has 1 unspecified atom stereocenters. The van der Waals surface area contributed by atoms with E-state index in [9.17, 15) is 9.90 Å². The third-order valence-corrected chi connectivity index (χ3v) is 4.23. The Labute approximate surface area is 110 Å².